The Morgan fingerprint density at radius 3 is 1.37 bits per heavy atom. The van der Waals surface area contributed by atoms with Crippen LogP contribution in [0.5, 0.6) is 0 Å². The van der Waals surface area contributed by atoms with E-state index >= 15 is 0 Å². The van der Waals surface area contributed by atoms with Gasteiger partial charge in [0.15, 0.2) is 18.9 Å². The van der Waals surface area contributed by atoms with Gasteiger partial charge in [-0.3, -0.25) is 14.4 Å². The van der Waals surface area contributed by atoms with Gasteiger partial charge in [-0.2, -0.15) is 0 Å². The van der Waals surface area contributed by atoms with Gasteiger partial charge in [0.05, 0.1) is 19.8 Å². The smallest absolute Gasteiger partial charge is 0.217 e. The molecule has 3 rings (SSSR count). The maximum atomic E-state index is 12.1. The van der Waals surface area contributed by atoms with E-state index < -0.39 is 129 Å². The highest BCUT2D eigenvalue weighted by Gasteiger charge is 2.54. The van der Waals surface area contributed by atoms with Gasteiger partial charge in [-0.25, -0.2) is 0 Å². The minimum absolute atomic E-state index is 0.628. The standard InChI is InChI=1S/C24H41N3O16/c1-7(31)25-13-18(36)20(11(5-29)39-22(13)38)42-24-15(27-9(3)33)19(37)21(12(6-30)41-24)43-23-14(26-8(2)32)17(35)16(34)10(4-28)40-23/h10-24,28-30,34-38H,4-6H2,1-3H3,(H,25,31)(H,26,32)(H,27,33)/t10-,11-,12-,13-,14-,15-,16+,17-,18-,19-,20-,21-,22?,23+,24+/m1/s1. The highest BCUT2D eigenvalue weighted by Crippen LogP contribution is 2.32. The predicted molar refractivity (Wildman–Crippen MR) is 136 cm³/mol. The summed E-state index contributed by atoms with van der Waals surface area (Å²) in [6.07, 6.45) is -19.0. The van der Waals surface area contributed by atoms with Crippen LogP contribution >= 0.6 is 0 Å². The van der Waals surface area contributed by atoms with Crippen LogP contribution in [0, 0.1) is 0 Å². The summed E-state index contributed by atoms with van der Waals surface area (Å²) in [5.74, 6) is -1.96. The van der Waals surface area contributed by atoms with Crippen LogP contribution in [0.25, 0.3) is 0 Å². The Morgan fingerprint density at radius 1 is 0.558 bits per heavy atom. The molecule has 0 aromatic heterocycles. The minimum atomic E-state index is -1.77. The SMILES string of the molecule is CC(=O)N[C@H]1[C@H](O[C@H]2[C@H](O)[C@@H](NC(C)=O)C(O)O[C@@H]2CO)O[C@H](CO)[C@@H](O[C@@H]2O[C@H](CO)[C@H](O)[C@H](O)[C@H]2NC(C)=O)[C@@H]1O. The fraction of sp³-hybridized carbons (Fsp3) is 0.875. The second-order valence-electron chi connectivity index (χ2n) is 10.5. The Bertz CT molecular complexity index is 962. The number of rotatable bonds is 10. The fourth-order valence-corrected chi connectivity index (χ4v) is 5.28. The summed E-state index contributed by atoms with van der Waals surface area (Å²) in [5, 5.41) is 90.0. The zero-order chi connectivity index (χ0) is 32.2. The Kier molecular flexibility index (Phi) is 12.5. The average molecular weight is 628 g/mol. The lowest BCUT2D eigenvalue weighted by molar-refractivity contribution is -0.351. The summed E-state index contributed by atoms with van der Waals surface area (Å²) < 4.78 is 28.3. The lowest BCUT2D eigenvalue weighted by Crippen LogP contribution is -2.71. The number of hydrogen-bond donors (Lipinski definition) is 11. The zero-order valence-corrected chi connectivity index (χ0v) is 23.6. The van der Waals surface area contributed by atoms with Crippen molar-refractivity contribution in [2.75, 3.05) is 19.8 Å². The molecule has 0 aromatic rings. The first-order valence-corrected chi connectivity index (χ1v) is 13.5. The molecule has 3 heterocycles. The van der Waals surface area contributed by atoms with Gasteiger partial charge >= 0.3 is 0 Å². The van der Waals surface area contributed by atoms with Crippen molar-refractivity contribution in [2.24, 2.45) is 0 Å². The van der Waals surface area contributed by atoms with E-state index in [4.69, 9.17) is 23.7 Å². The summed E-state index contributed by atoms with van der Waals surface area (Å²) in [4.78, 5) is 35.5. The Labute approximate surface area is 245 Å². The molecule has 11 N–H and O–H groups in total. The molecular formula is C24H41N3O16. The Balaban J connectivity index is 1.89. The monoisotopic (exact) mass is 627 g/mol. The normalized spacial score (nSPS) is 43.5. The molecule has 43 heavy (non-hydrogen) atoms. The minimum Gasteiger partial charge on any atom is -0.394 e. The number of aliphatic hydroxyl groups excluding tert-OH is 8. The van der Waals surface area contributed by atoms with Crippen molar-refractivity contribution >= 4 is 17.7 Å². The summed E-state index contributed by atoms with van der Waals surface area (Å²) in [6, 6.07) is -4.31. The van der Waals surface area contributed by atoms with E-state index in [0.29, 0.717) is 0 Å². The van der Waals surface area contributed by atoms with E-state index in [9.17, 15) is 55.2 Å². The molecule has 15 atom stereocenters. The van der Waals surface area contributed by atoms with E-state index in [-0.39, 0.29) is 0 Å². The second kappa shape index (κ2) is 15.3. The summed E-state index contributed by atoms with van der Waals surface area (Å²) >= 11 is 0. The van der Waals surface area contributed by atoms with Gasteiger partial charge in [0, 0.05) is 20.8 Å². The first-order chi connectivity index (χ1) is 20.2. The average Bonchev–Trinajstić information content (AvgIpc) is 2.94. The van der Waals surface area contributed by atoms with Gasteiger partial charge < -0.3 is 80.5 Å². The third kappa shape index (κ3) is 8.14. The van der Waals surface area contributed by atoms with E-state index in [1.54, 1.807) is 0 Å². The van der Waals surface area contributed by atoms with Crippen LogP contribution in [-0.2, 0) is 38.1 Å². The molecule has 19 nitrogen and oxygen atoms in total. The van der Waals surface area contributed by atoms with Gasteiger partial charge in [0.1, 0.15) is 73.1 Å². The number of nitrogens with one attached hydrogen (secondary N) is 3. The maximum Gasteiger partial charge on any atom is 0.217 e. The summed E-state index contributed by atoms with van der Waals surface area (Å²) in [6.45, 7) is 0.995. The number of carbonyl (C=O) groups is 3. The maximum absolute atomic E-state index is 12.1. The van der Waals surface area contributed by atoms with Crippen LogP contribution in [0.1, 0.15) is 20.8 Å². The van der Waals surface area contributed by atoms with Gasteiger partial charge in [-0.05, 0) is 0 Å². The molecule has 0 saturated carbocycles. The van der Waals surface area contributed by atoms with Crippen molar-refractivity contribution in [1.29, 1.82) is 0 Å². The van der Waals surface area contributed by atoms with E-state index in [1.807, 2.05) is 0 Å². The molecule has 3 aliphatic heterocycles. The van der Waals surface area contributed by atoms with Crippen molar-refractivity contribution in [3.05, 3.63) is 0 Å². The molecule has 3 saturated heterocycles. The van der Waals surface area contributed by atoms with Crippen LogP contribution in [0.2, 0.25) is 0 Å². The highest BCUT2D eigenvalue weighted by atomic mass is 16.7. The van der Waals surface area contributed by atoms with E-state index in [1.165, 1.54) is 0 Å². The third-order valence-electron chi connectivity index (χ3n) is 7.30. The molecular weight excluding hydrogens is 586 g/mol. The van der Waals surface area contributed by atoms with E-state index in [0.717, 1.165) is 20.8 Å². The van der Waals surface area contributed by atoms with Crippen molar-refractivity contribution in [3.8, 4) is 0 Å². The van der Waals surface area contributed by atoms with Crippen LogP contribution in [0.4, 0.5) is 0 Å². The third-order valence-corrected chi connectivity index (χ3v) is 7.30. The first-order valence-electron chi connectivity index (χ1n) is 13.5. The van der Waals surface area contributed by atoms with Gasteiger partial charge in [0.2, 0.25) is 17.7 Å². The van der Waals surface area contributed by atoms with Gasteiger partial charge in [-0.1, -0.05) is 0 Å². The Hall–Kier alpha value is -2.11. The van der Waals surface area contributed by atoms with Crippen molar-refractivity contribution in [2.45, 2.75) is 113 Å². The van der Waals surface area contributed by atoms with Crippen LogP contribution in [-0.4, -0.2) is 170 Å². The molecule has 248 valence electrons. The largest absolute Gasteiger partial charge is 0.394 e. The van der Waals surface area contributed by atoms with Gasteiger partial charge in [-0.15, -0.1) is 0 Å². The molecule has 0 aromatic carbocycles. The van der Waals surface area contributed by atoms with Crippen molar-refractivity contribution in [1.82, 2.24) is 16.0 Å². The highest BCUT2D eigenvalue weighted by molar-refractivity contribution is 5.74. The van der Waals surface area contributed by atoms with Gasteiger partial charge in [0.25, 0.3) is 0 Å². The van der Waals surface area contributed by atoms with Crippen molar-refractivity contribution in [3.63, 3.8) is 0 Å². The lowest BCUT2D eigenvalue weighted by Gasteiger charge is -2.49. The molecule has 1 unspecified atom stereocenters. The topological polar surface area (TPSA) is 295 Å². The lowest BCUT2D eigenvalue weighted by atomic mass is 9.93. The summed E-state index contributed by atoms with van der Waals surface area (Å²) in [7, 11) is 0. The van der Waals surface area contributed by atoms with Crippen LogP contribution in [0.15, 0.2) is 0 Å². The predicted octanol–water partition coefficient (Wildman–Crippen LogP) is -7.14. The first kappa shape index (κ1) is 35.4. The number of amides is 3. The number of hydrogen-bond acceptors (Lipinski definition) is 16. The number of aliphatic hydroxyl groups is 8. The molecule has 19 heteroatoms. The second-order valence-corrected chi connectivity index (χ2v) is 10.5. The fourth-order valence-electron chi connectivity index (χ4n) is 5.28. The molecule has 3 fully saturated rings. The van der Waals surface area contributed by atoms with Crippen LogP contribution in [0.3, 0.4) is 0 Å². The summed E-state index contributed by atoms with van der Waals surface area (Å²) in [5.41, 5.74) is 0. The molecule has 0 aliphatic carbocycles. The van der Waals surface area contributed by atoms with E-state index in [2.05, 4.69) is 16.0 Å². The molecule has 0 spiro atoms. The molecule has 0 bridgehead atoms. The Morgan fingerprint density at radius 2 is 0.930 bits per heavy atom. The molecule has 0 radical (unpaired) electrons. The quantitative estimate of drug-likeness (QED) is 0.107. The molecule has 3 amide bonds. The molecule has 3 aliphatic rings. The number of ether oxygens (including phenoxy) is 5. The zero-order valence-electron chi connectivity index (χ0n) is 23.6. The number of carbonyl (C=O) groups excluding carboxylic acids is 3. The van der Waals surface area contributed by atoms with Crippen molar-refractivity contribution < 1.29 is 78.9 Å². The van der Waals surface area contributed by atoms with Crippen LogP contribution < -0.4 is 16.0 Å².